The van der Waals surface area contributed by atoms with Gasteiger partial charge in [-0.1, -0.05) is 32.6 Å². The van der Waals surface area contributed by atoms with Gasteiger partial charge in [-0.15, -0.1) is 0 Å². The highest BCUT2D eigenvalue weighted by atomic mass is 19.1. The van der Waals surface area contributed by atoms with Gasteiger partial charge in [0, 0.05) is 30.5 Å². The number of amidine groups is 1. The number of hydrazone groups is 1. The second kappa shape index (κ2) is 10.2. The molecule has 39 heavy (non-hydrogen) atoms. The van der Waals surface area contributed by atoms with Gasteiger partial charge >= 0.3 is 0 Å². The zero-order valence-corrected chi connectivity index (χ0v) is 22.4. The van der Waals surface area contributed by atoms with E-state index in [1.807, 2.05) is 13.8 Å². The lowest BCUT2D eigenvalue weighted by atomic mass is 9.60. The third-order valence-corrected chi connectivity index (χ3v) is 7.65. The maximum absolute atomic E-state index is 15.8. The van der Waals surface area contributed by atoms with Crippen molar-refractivity contribution in [2.24, 2.45) is 16.8 Å². The normalized spacial score (nSPS) is 25.6. The summed E-state index contributed by atoms with van der Waals surface area (Å²) in [5, 5.41) is 16.8. The van der Waals surface area contributed by atoms with E-state index in [-0.39, 0.29) is 29.9 Å². The Morgan fingerprint density at radius 2 is 1.85 bits per heavy atom. The van der Waals surface area contributed by atoms with Gasteiger partial charge in [0.1, 0.15) is 22.9 Å². The Morgan fingerprint density at radius 1 is 1.21 bits per heavy atom. The summed E-state index contributed by atoms with van der Waals surface area (Å²) in [6.07, 6.45) is 4.91. The fraction of sp³-hybridized carbons (Fsp3) is 0.367. The van der Waals surface area contributed by atoms with Crippen LogP contribution in [-0.4, -0.2) is 27.2 Å². The molecule has 3 N–H and O–H groups in total. The number of halogens is 4. The van der Waals surface area contributed by atoms with Crippen LogP contribution in [0.3, 0.4) is 0 Å². The first-order valence-electron chi connectivity index (χ1n) is 12.8. The van der Waals surface area contributed by atoms with Crippen LogP contribution in [-0.2, 0) is 5.60 Å². The number of ether oxygens (including phenoxy) is 1. The Morgan fingerprint density at radius 3 is 2.44 bits per heavy atom. The summed E-state index contributed by atoms with van der Waals surface area (Å²) < 4.78 is 65.3. The summed E-state index contributed by atoms with van der Waals surface area (Å²) in [4.78, 5) is 0. The SMILES string of the molecule is C=C1C=C(c2ccc(F)c(OC3(C)CC(F)(C(C)(O)c4ccc(F)cc4)C3)c2F)C=CN1/N=C(/N)C(C)CC. The minimum atomic E-state index is -2.16. The third kappa shape index (κ3) is 5.32. The molecule has 1 heterocycles. The van der Waals surface area contributed by atoms with Gasteiger partial charge in [-0.05, 0) is 67.8 Å². The van der Waals surface area contributed by atoms with Crippen molar-refractivity contribution < 1.29 is 27.4 Å². The first-order chi connectivity index (χ1) is 18.2. The van der Waals surface area contributed by atoms with E-state index in [0.717, 1.165) is 24.6 Å². The van der Waals surface area contributed by atoms with Crippen LogP contribution in [0.1, 0.15) is 58.1 Å². The molecule has 9 heteroatoms. The number of benzene rings is 2. The van der Waals surface area contributed by atoms with Crippen molar-refractivity contribution in [2.75, 3.05) is 0 Å². The summed E-state index contributed by atoms with van der Waals surface area (Å²) in [6.45, 7) is 10.7. The van der Waals surface area contributed by atoms with Crippen molar-refractivity contribution in [2.45, 2.75) is 63.8 Å². The number of hydrogen-bond donors (Lipinski definition) is 2. The first-order valence-corrected chi connectivity index (χ1v) is 12.8. The molecule has 208 valence electrons. The van der Waals surface area contributed by atoms with Crippen LogP contribution in [0.25, 0.3) is 5.57 Å². The van der Waals surface area contributed by atoms with E-state index in [4.69, 9.17) is 10.5 Å². The van der Waals surface area contributed by atoms with E-state index in [1.54, 1.807) is 18.4 Å². The molecule has 2 aromatic rings. The molecule has 0 radical (unpaired) electrons. The van der Waals surface area contributed by atoms with Crippen LogP contribution < -0.4 is 10.5 Å². The number of nitrogens with two attached hydrogens (primary N) is 1. The molecule has 0 amide bonds. The molecular weight excluding hydrogens is 510 g/mol. The number of hydrogen-bond acceptors (Lipinski definition) is 4. The van der Waals surface area contributed by atoms with Crippen molar-refractivity contribution in [1.82, 2.24) is 5.01 Å². The van der Waals surface area contributed by atoms with Crippen LogP contribution in [0.5, 0.6) is 5.75 Å². The summed E-state index contributed by atoms with van der Waals surface area (Å²) in [5.41, 5.74) is 1.71. The van der Waals surface area contributed by atoms with Gasteiger partial charge in [0.2, 0.25) is 0 Å². The van der Waals surface area contributed by atoms with E-state index < -0.39 is 40.1 Å². The lowest BCUT2D eigenvalue weighted by molar-refractivity contribution is -0.210. The predicted molar refractivity (Wildman–Crippen MR) is 144 cm³/mol. The molecule has 0 bridgehead atoms. The topological polar surface area (TPSA) is 71.1 Å². The molecule has 5 nitrogen and oxygen atoms in total. The average Bonchev–Trinajstić information content (AvgIpc) is 2.86. The van der Waals surface area contributed by atoms with E-state index in [1.165, 1.54) is 37.1 Å². The van der Waals surface area contributed by atoms with Crippen LogP contribution in [0, 0.1) is 23.4 Å². The Balaban J connectivity index is 1.54. The zero-order chi connectivity index (χ0) is 28.8. The quantitative estimate of drug-likeness (QED) is 0.221. The minimum absolute atomic E-state index is 0.0649. The third-order valence-electron chi connectivity index (χ3n) is 7.65. The van der Waals surface area contributed by atoms with E-state index in [2.05, 4.69) is 11.7 Å². The molecule has 2 aliphatic rings. The molecule has 2 unspecified atom stereocenters. The number of allylic oxidation sites excluding steroid dienone is 3. The summed E-state index contributed by atoms with van der Waals surface area (Å²) in [6, 6.07) is 7.24. The molecule has 1 aliphatic heterocycles. The minimum Gasteiger partial charge on any atom is -0.481 e. The fourth-order valence-corrected chi connectivity index (χ4v) is 4.92. The lowest BCUT2D eigenvalue weighted by Gasteiger charge is -2.55. The molecule has 2 atom stereocenters. The molecule has 2 aromatic carbocycles. The van der Waals surface area contributed by atoms with Crippen molar-refractivity contribution >= 4 is 11.4 Å². The smallest absolute Gasteiger partial charge is 0.192 e. The van der Waals surface area contributed by atoms with Gasteiger partial charge in [-0.2, -0.15) is 5.10 Å². The van der Waals surface area contributed by atoms with Gasteiger partial charge in [0.05, 0.1) is 5.70 Å². The number of rotatable bonds is 8. The molecule has 0 spiro atoms. The highest BCUT2D eigenvalue weighted by molar-refractivity contribution is 5.83. The number of nitrogens with zero attached hydrogens (tertiary/aromatic N) is 2. The summed E-state index contributed by atoms with van der Waals surface area (Å²) in [7, 11) is 0. The van der Waals surface area contributed by atoms with Crippen LogP contribution in [0.2, 0.25) is 0 Å². The van der Waals surface area contributed by atoms with Gasteiger partial charge in [0.25, 0.3) is 0 Å². The van der Waals surface area contributed by atoms with Crippen molar-refractivity contribution in [3.63, 3.8) is 0 Å². The maximum atomic E-state index is 15.8. The second-order valence-electron chi connectivity index (χ2n) is 10.8. The molecule has 1 fully saturated rings. The highest BCUT2D eigenvalue weighted by Gasteiger charge is 2.64. The van der Waals surface area contributed by atoms with Gasteiger partial charge in [-0.25, -0.2) is 22.6 Å². The van der Waals surface area contributed by atoms with Crippen molar-refractivity contribution in [3.8, 4) is 5.75 Å². The largest absolute Gasteiger partial charge is 0.481 e. The summed E-state index contributed by atoms with van der Waals surface area (Å²) >= 11 is 0. The van der Waals surface area contributed by atoms with Crippen LogP contribution in [0.15, 0.2) is 72.1 Å². The Bertz CT molecular complexity index is 1360. The molecule has 1 aliphatic carbocycles. The molecule has 1 saturated carbocycles. The predicted octanol–water partition coefficient (Wildman–Crippen LogP) is 6.70. The van der Waals surface area contributed by atoms with E-state index in [0.29, 0.717) is 17.1 Å². The molecule has 0 aromatic heterocycles. The van der Waals surface area contributed by atoms with Crippen LogP contribution in [0.4, 0.5) is 17.6 Å². The fourth-order valence-electron chi connectivity index (χ4n) is 4.92. The molecule has 0 saturated heterocycles. The van der Waals surface area contributed by atoms with E-state index >= 15 is 8.78 Å². The number of alkyl halides is 1. The standard InChI is InChI=1S/C30H33F4N3O2/c1-6-18(2)27(35)36-37-14-13-20(15-19(37)3)23-11-12-24(32)26(25(23)33)39-28(4)16-30(34,17-28)29(5,38)21-7-9-22(31)10-8-21/h7-15,18,38H,3,6,16-17H2,1-2,4-5H3,(H2,35,36). The van der Waals surface area contributed by atoms with Crippen LogP contribution >= 0.6 is 0 Å². The molecular formula is C30H33F4N3O2. The highest BCUT2D eigenvalue weighted by Crippen LogP contribution is 2.56. The van der Waals surface area contributed by atoms with Crippen molar-refractivity contribution in [1.29, 1.82) is 0 Å². The Kier molecular flexibility index (Phi) is 7.42. The Hall–Kier alpha value is -3.59. The van der Waals surface area contributed by atoms with Crippen molar-refractivity contribution in [3.05, 3.63) is 95.6 Å². The van der Waals surface area contributed by atoms with E-state index in [9.17, 15) is 13.9 Å². The monoisotopic (exact) mass is 543 g/mol. The zero-order valence-electron chi connectivity index (χ0n) is 22.4. The summed E-state index contributed by atoms with van der Waals surface area (Å²) in [5.74, 6) is -2.54. The first kappa shape index (κ1) is 28.4. The Labute approximate surface area is 226 Å². The maximum Gasteiger partial charge on any atom is 0.192 e. The average molecular weight is 544 g/mol. The second-order valence-corrected chi connectivity index (χ2v) is 10.8. The number of aliphatic hydroxyl groups is 1. The lowest BCUT2D eigenvalue weighted by Crippen LogP contribution is -2.64. The van der Waals surface area contributed by atoms with Gasteiger partial charge in [-0.3, -0.25) is 0 Å². The molecule has 4 rings (SSSR count). The van der Waals surface area contributed by atoms with Gasteiger partial charge < -0.3 is 15.6 Å². The van der Waals surface area contributed by atoms with Gasteiger partial charge in [0.15, 0.2) is 23.1 Å².